The van der Waals surface area contributed by atoms with Crippen LogP contribution >= 0.6 is 0 Å². The van der Waals surface area contributed by atoms with E-state index in [0.717, 1.165) is 50.7 Å². The quantitative estimate of drug-likeness (QED) is 0.906. The summed E-state index contributed by atoms with van der Waals surface area (Å²) in [7, 11) is 0. The maximum Gasteiger partial charge on any atom is 0.223 e. The molecule has 1 N–H and O–H groups in total. The Morgan fingerprint density at radius 1 is 1.26 bits per heavy atom. The molecule has 1 saturated carbocycles. The van der Waals surface area contributed by atoms with Gasteiger partial charge in [0.05, 0.1) is 19.3 Å². The topological polar surface area (TPSA) is 54.7 Å². The number of carbonyl (C=O) groups is 1. The average molecular weight is 320 g/mol. The summed E-state index contributed by atoms with van der Waals surface area (Å²) in [5.41, 5.74) is 0. The first-order chi connectivity index (χ1) is 11.2. The van der Waals surface area contributed by atoms with Gasteiger partial charge >= 0.3 is 0 Å². The van der Waals surface area contributed by atoms with Crippen LogP contribution in [0.2, 0.25) is 0 Å². The summed E-state index contributed by atoms with van der Waals surface area (Å²) in [6, 6.07) is 4.12. The van der Waals surface area contributed by atoms with Crippen molar-refractivity contribution in [2.24, 2.45) is 5.92 Å². The molecule has 2 fully saturated rings. The van der Waals surface area contributed by atoms with E-state index in [1.54, 1.807) is 0 Å². The lowest BCUT2D eigenvalue weighted by atomic mass is 9.88. The lowest BCUT2D eigenvalue weighted by Crippen LogP contribution is -2.44. The van der Waals surface area contributed by atoms with Gasteiger partial charge in [-0.15, -0.1) is 0 Å². The molecule has 1 saturated heterocycles. The minimum absolute atomic E-state index is 0.0974. The number of aryl methyl sites for hydroxylation is 1. The number of nitrogens with one attached hydrogen (secondary N) is 1. The summed E-state index contributed by atoms with van der Waals surface area (Å²) in [6.07, 6.45) is 5.71. The summed E-state index contributed by atoms with van der Waals surface area (Å²) >= 11 is 0. The van der Waals surface area contributed by atoms with Crippen molar-refractivity contribution < 1.29 is 13.9 Å². The molecular formula is C18H28N2O3. The molecule has 1 aliphatic carbocycles. The molecule has 3 rings (SSSR count). The van der Waals surface area contributed by atoms with Crippen LogP contribution in [0, 0.1) is 12.8 Å². The van der Waals surface area contributed by atoms with E-state index < -0.39 is 0 Å². The molecule has 5 heteroatoms. The summed E-state index contributed by atoms with van der Waals surface area (Å²) < 4.78 is 11.3. The first kappa shape index (κ1) is 16.5. The van der Waals surface area contributed by atoms with Crippen molar-refractivity contribution in [2.75, 3.05) is 32.8 Å². The Morgan fingerprint density at radius 3 is 2.65 bits per heavy atom. The molecular weight excluding hydrogens is 292 g/mol. The van der Waals surface area contributed by atoms with Gasteiger partial charge in [0.2, 0.25) is 5.91 Å². The molecule has 23 heavy (non-hydrogen) atoms. The zero-order valence-electron chi connectivity index (χ0n) is 14.1. The van der Waals surface area contributed by atoms with Gasteiger partial charge in [-0.2, -0.15) is 0 Å². The smallest absolute Gasteiger partial charge is 0.223 e. The molecule has 0 aromatic carbocycles. The summed E-state index contributed by atoms with van der Waals surface area (Å²) in [5, 5.41) is 3.18. The highest BCUT2D eigenvalue weighted by Crippen LogP contribution is 2.26. The molecule has 1 unspecified atom stereocenters. The van der Waals surface area contributed by atoms with E-state index in [-0.39, 0.29) is 17.9 Å². The molecule has 1 aliphatic heterocycles. The molecule has 2 aliphatic rings. The highest BCUT2D eigenvalue weighted by molar-refractivity contribution is 5.78. The van der Waals surface area contributed by atoms with Gasteiger partial charge in [0, 0.05) is 25.6 Å². The van der Waals surface area contributed by atoms with Crippen LogP contribution in [0.5, 0.6) is 0 Å². The Balaban J connectivity index is 1.62. The Kier molecular flexibility index (Phi) is 5.73. The van der Waals surface area contributed by atoms with E-state index in [1.807, 2.05) is 19.1 Å². The highest BCUT2D eigenvalue weighted by Gasteiger charge is 2.27. The van der Waals surface area contributed by atoms with Crippen LogP contribution in [0.25, 0.3) is 0 Å². The number of hydrogen-bond acceptors (Lipinski definition) is 4. The monoisotopic (exact) mass is 320 g/mol. The number of ether oxygens (including phenoxy) is 1. The van der Waals surface area contributed by atoms with Crippen molar-refractivity contribution in [1.82, 2.24) is 10.2 Å². The minimum Gasteiger partial charge on any atom is -0.465 e. The van der Waals surface area contributed by atoms with Crippen LogP contribution in [-0.2, 0) is 9.53 Å². The van der Waals surface area contributed by atoms with Crippen LogP contribution in [0.15, 0.2) is 16.5 Å². The molecule has 1 aromatic rings. The predicted molar refractivity (Wildman–Crippen MR) is 88.2 cm³/mol. The molecule has 1 atom stereocenters. The van der Waals surface area contributed by atoms with Crippen LogP contribution in [0.4, 0.5) is 0 Å². The number of morpholine rings is 1. The van der Waals surface area contributed by atoms with Crippen LogP contribution in [-0.4, -0.2) is 43.7 Å². The van der Waals surface area contributed by atoms with E-state index >= 15 is 0 Å². The van der Waals surface area contributed by atoms with Crippen molar-refractivity contribution >= 4 is 5.91 Å². The van der Waals surface area contributed by atoms with Gasteiger partial charge < -0.3 is 14.5 Å². The fraction of sp³-hybridized carbons (Fsp3) is 0.722. The Labute approximate surface area is 138 Å². The summed E-state index contributed by atoms with van der Waals surface area (Å²) in [6.45, 7) is 5.82. The average Bonchev–Trinajstić information content (AvgIpc) is 3.03. The zero-order chi connectivity index (χ0) is 16.1. The Hall–Kier alpha value is -1.33. The first-order valence-electron chi connectivity index (χ1n) is 8.90. The van der Waals surface area contributed by atoms with Gasteiger partial charge in [-0.05, 0) is 31.9 Å². The van der Waals surface area contributed by atoms with Crippen molar-refractivity contribution in [3.63, 3.8) is 0 Å². The number of nitrogens with zero attached hydrogens (tertiary/aromatic N) is 1. The SMILES string of the molecule is Cc1ccc(C(CNC(=O)C2CCCCC2)N2CCOCC2)o1. The van der Waals surface area contributed by atoms with E-state index in [4.69, 9.17) is 9.15 Å². The van der Waals surface area contributed by atoms with Gasteiger partial charge in [-0.25, -0.2) is 0 Å². The number of hydrogen-bond donors (Lipinski definition) is 1. The second kappa shape index (κ2) is 7.97. The summed E-state index contributed by atoms with van der Waals surface area (Å²) in [5.74, 6) is 2.27. The second-order valence-electron chi connectivity index (χ2n) is 6.69. The molecule has 128 valence electrons. The molecule has 1 amide bonds. The van der Waals surface area contributed by atoms with E-state index in [9.17, 15) is 4.79 Å². The van der Waals surface area contributed by atoms with Gasteiger partial charge in [-0.1, -0.05) is 19.3 Å². The Bertz CT molecular complexity index is 502. The highest BCUT2D eigenvalue weighted by atomic mass is 16.5. The van der Waals surface area contributed by atoms with Crippen LogP contribution in [0.1, 0.15) is 49.7 Å². The van der Waals surface area contributed by atoms with Crippen molar-refractivity contribution in [3.8, 4) is 0 Å². The number of carbonyl (C=O) groups excluding carboxylic acids is 1. The summed E-state index contributed by atoms with van der Waals surface area (Å²) in [4.78, 5) is 14.8. The third kappa shape index (κ3) is 4.36. The maximum absolute atomic E-state index is 12.4. The lowest BCUT2D eigenvalue weighted by Gasteiger charge is -2.33. The van der Waals surface area contributed by atoms with E-state index in [0.29, 0.717) is 6.54 Å². The fourth-order valence-electron chi connectivity index (χ4n) is 3.64. The van der Waals surface area contributed by atoms with Gasteiger partial charge in [0.15, 0.2) is 0 Å². The van der Waals surface area contributed by atoms with Gasteiger partial charge in [0.1, 0.15) is 11.5 Å². The molecule has 0 spiro atoms. The number of rotatable bonds is 5. The largest absolute Gasteiger partial charge is 0.465 e. The fourth-order valence-corrected chi connectivity index (χ4v) is 3.64. The van der Waals surface area contributed by atoms with Gasteiger partial charge in [-0.3, -0.25) is 9.69 Å². The van der Waals surface area contributed by atoms with E-state index in [1.165, 1.54) is 19.3 Å². The second-order valence-corrected chi connectivity index (χ2v) is 6.69. The number of amides is 1. The zero-order valence-corrected chi connectivity index (χ0v) is 14.1. The molecule has 0 bridgehead atoms. The lowest BCUT2D eigenvalue weighted by molar-refractivity contribution is -0.126. The predicted octanol–water partition coefficient (Wildman–Crippen LogP) is 2.66. The standard InChI is InChI=1S/C18H28N2O3/c1-14-7-8-17(23-14)16(20-9-11-22-12-10-20)13-19-18(21)15-5-3-2-4-6-15/h7-8,15-16H,2-6,9-13H2,1H3,(H,19,21). The van der Waals surface area contributed by atoms with Gasteiger partial charge in [0.25, 0.3) is 0 Å². The van der Waals surface area contributed by atoms with Crippen molar-refractivity contribution in [2.45, 2.75) is 45.1 Å². The number of furan rings is 1. The third-order valence-corrected chi connectivity index (χ3v) is 5.02. The first-order valence-corrected chi connectivity index (χ1v) is 8.90. The van der Waals surface area contributed by atoms with Crippen molar-refractivity contribution in [1.29, 1.82) is 0 Å². The van der Waals surface area contributed by atoms with E-state index in [2.05, 4.69) is 10.2 Å². The minimum atomic E-state index is 0.0974. The van der Waals surface area contributed by atoms with Crippen LogP contribution < -0.4 is 5.32 Å². The third-order valence-electron chi connectivity index (χ3n) is 5.02. The molecule has 0 radical (unpaired) electrons. The molecule has 2 heterocycles. The molecule has 1 aromatic heterocycles. The van der Waals surface area contributed by atoms with Crippen LogP contribution in [0.3, 0.4) is 0 Å². The maximum atomic E-state index is 12.4. The van der Waals surface area contributed by atoms with Crippen molar-refractivity contribution in [3.05, 3.63) is 23.7 Å². The molecule has 5 nitrogen and oxygen atoms in total. The normalized spacial score (nSPS) is 22.0. The Morgan fingerprint density at radius 2 is 2.00 bits per heavy atom.